The highest BCUT2D eigenvalue weighted by atomic mass is 35.5. The van der Waals surface area contributed by atoms with Crippen molar-refractivity contribution in [3.05, 3.63) is 87.4 Å². The number of nitrogens with zero attached hydrogens (tertiary/aromatic N) is 1. The van der Waals surface area contributed by atoms with Gasteiger partial charge in [-0.1, -0.05) is 35.3 Å². The largest absolute Gasteiger partial charge is 0.493 e. The summed E-state index contributed by atoms with van der Waals surface area (Å²) in [6.07, 6.45) is 1.64. The average Bonchev–Trinajstić information content (AvgIpc) is 2.75. The molecule has 0 radical (unpaired) electrons. The smallest absolute Gasteiger partial charge is 0.335 e. The van der Waals surface area contributed by atoms with Crippen LogP contribution >= 0.6 is 23.2 Å². The van der Waals surface area contributed by atoms with Crippen LogP contribution < -0.4 is 14.9 Å². The Morgan fingerprint density at radius 1 is 1.03 bits per heavy atom. The van der Waals surface area contributed by atoms with Crippen LogP contribution in [0.5, 0.6) is 11.5 Å². The van der Waals surface area contributed by atoms with E-state index in [1.165, 1.54) is 0 Å². The number of hydrogen-bond donors (Lipinski definition) is 2. The maximum Gasteiger partial charge on any atom is 0.335 e. The van der Waals surface area contributed by atoms with Crippen molar-refractivity contribution < 1.29 is 19.4 Å². The quantitative estimate of drug-likeness (QED) is 0.342. The second kappa shape index (κ2) is 10.0. The molecule has 2 N–H and O–H groups in total. The number of rotatable bonds is 8. The van der Waals surface area contributed by atoms with E-state index >= 15 is 0 Å². The Bertz CT molecular complexity index is 1070. The van der Waals surface area contributed by atoms with Gasteiger partial charge in [-0.3, -0.25) is 5.43 Å². The number of anilines is 1. The molecule has 0 unspecified atom stereocenters. The van der Waals surface area contributed by atoms with E-state index in [0.29, 0.717) is 27.2 Å². The summed E-state index contributed by atoms with van der Waals surface area (Å²) in [6.45, 7) is 0.280. The molecule has 154 valence electrons. The summed E-state index contributed by atoms with van der Waals surface area (Å²) in [5.74, 6) is 0.153. The maximum atomic E-state index is 10.9. The standard InChI is InChI=1S/C22H18Cl2N2O4/c1-29-21-10-15(12-25-26-17-7-8-18(23)19(24)11-17)4-9-20(21)30-13-14-2-5-16(6-3-14)22(27)28/h2-12,26H,13H2,1H3,(H,27,28). The van der Waals surface area contributed by atoms with Crippen LogP contribution in [0.3, 0.4) is 0 Å². The summed E-state index contributed by atoms with van der Waals surface area (Å²) in [6, 6.07) is 17.1. The zero-order valence-electron chi connectivity index (χ0n) is 15.9. The molecule has 3 aromatic rings. The number of carboxylic acids is 1. The van der Waals surface area contributed by atoms with Crippen LogP contribution in [0.2, 0.25) is 10.0 Å². The maximum absolute atomic E-state index is 10.9. The molecule has 0 aliphatic carbocycles. The summed E-state index contributed by atoms with van der Waals surface area (Å²) in [7, 11) is 1.55. The predicted molar refractivity (Wildman–Crippen MR) is 118 cm³/mol. The molecular formula is C22H18Cl2N2O4. The van der Waals surface area contributed by atoms with Gasteiger partial charge in [0.05, 0.1) is 34.6 Å². The zero-order chi connectivity index (χ0) is 21.5. The fraction of sp³-hybridized carbons (Fsp3) is 0.0909. The number of hydrogen-bond acceptors (Lipinski definition) is 5. The van der Waals surface area contributed by atoms with Gasteiger partial charge in [-0.2, -0.15) is 5.10 Å². The molecule has 3 aromatic carbocycles. The topological polar surface area (TPSA) is 80.1 Å². The first-order valence-corrected chi connectivity index (χ1v) is 9.59. The first kappa shape index (κ1) is 21.5. The first-order valence-electron chi connectivity index (χ1n) is 8.83. The summed E-state index contributed by atoms with van der Waals surface area (Å²) in [5, 5.41) is 14.1. The van der Waals surface area contributed by atoms with Crippen molar-refractivity contribution in [3.63, 3.8) is 0 Å². The van der Waals surface area contributed by atoms with Gasteiger partial charge in [0.15, 0.2) is 11.5 Å². The molecule has 0 saturated carbocycles. The minimum Gasteiger partial charge on any atom is -0.493 e. The van der Waals surface area contributed by atoms with E-state index < -0.39 is 5.97 Å². The van der Waals surface area contributed by atoms with E-state index in [9.17, 15) is 4.79 Å². The van der Waals surface area contributed by atoms with Crippen molar-refractivity contribution in [1.29, 1.82) is 0 Å². The van der Waals surface area contributed by atoms with Crippen LogP contribution in [0.15, 0.2) is 65.8 Å². The molecule has 0 atom stereocenters. The van der Waals surface area contributed by atoms with E-state index in [2.05, 4.69) is 10.5 Å². The molecule has 0 saturated heterocycles. The van der Waals surface area contributed by atoms with Gasteiger partial charge in [-0.15, -0.1) is 0 Å². The van der Waals surface area contributed by atoms with Crippen molar-refractivity contribution in [1.82, 2.24) is 0 Å². The van der Waals surface area contributed by atoms with E-state index in [1.807, 2.05) is 6.07 Å². The zero-order valence-corrected chi connectivity index (χ0v) is 17.4. The number of carbonyl (C=O) groups is 1. The van der Waals surface area contributed by atoms with Gasteiger partial charge in [0.2, 0.25) is 0 Å². The lowest BCUT2D eigenvalue weighted by Gasteiger charge is -2.11. The van der Waals surface area contributed by atoms with Gasteiger partial charge < -0.3 is 14.6 Å². The van der Waals surface area contributed by atoms with Gasteiger partial charge >= 0.3 is 5.97 Å². The third kappa shape index (κ3) is 5.65. The fourth-order valence-electron chi connectivity index (χ4n) is 2.54. The van der Waals surface area contributed by atoms with Gasteiger partial charge in [-0.25, -0.2) is 4.79 Å². The Balaban J connectivity index is 1.63. The summed E-state index contributed by atoms with van der Waals surface area (Å²) < 4.78 is 11.2. The van der Waals surface area contributed by atoms with Crippen molar-refractivity contribution in [2.24, 2.45) is 5.10 Å². The summed E-state index contributed by atoms with van der Waals surface area (Å²) >= 11 is 11.9. The van der Waals surface area contributed by atoms with Crippen LogP contribution in [0, 0.1) is 0 Å². The second-order valence-electron chi connectivity index (χ2n) is 6.20. The first-order chi connectivity index (χ1) is 14.5. The molecule has 0 bridgehead atoms. The fourth-order valence-corrected chi connectivity index (χ4v) is 2.83. The highest BCUT2D eigenvalue weighted by Gasteiger charge is 2.07. The Hall–Kier alpha value is -3.22. The molecule has 0 aliphatic heterocycles. The molecule has 0 heterocycles. The molecule has 0 aromatic heterocycles. The van der Waals surface area contributed by atoms with Crippen molar-refractivity contribution in [3.8, 4) is 11.5 Å². The van der Waals surface area contributed by atoms with Gasteiger partial charge in [0, 0.05) is 0 Å². The molecule has 8 heteroatoms. The molecule has 3 rings (SSSR count). The minimum absolute atomic E-state index is 0.231. The van der Waals surface area contributed by atoms with Crippen LogP contribution in [-0.2, 0) is 6.61 Å². The van der Waals surface area contributed by atoms with Crippen molar-refractivity contribution in [2.75, 3.05) is 12.5 Å². The number of ether oxygens (including phenoxy) is 2. The summed E-state index contributed by atoms with van der Waals surface area (Å²) in [5.41, 5.74) is 5.47. The van der Waals surface area contributed by atoms with E-state index in [-0.39, 0.29) is 12.2 Å². The third-order valence-corrected chi connectivity index (χ3v) is 4.85. The lowest BCUT2D eigenvalue weighted by Crippen LogP contribution is -2.00. The lowest BCUT2D eigenvalue weighted by molar-refractivity contribution is 0.0697. The number of carboxylic acid groups (broad SMARTS) is 1. The Kier molecular flexibility index (Phi) is 7.17. The molecule has 30 heavy (non-hydrogen) atoms. The van der Waals surface area contributed by atoms with Crippen molar-refractivity contribution in [2.45, 2.75) is 6.61 Å². The van der Waals surface area contributed by atoms with Crippen LogP contribution in [0.4, 0.5) is 5.69 Å². The number of halogens is 2. The van der Waals surface area contributed by atoms with Crippen LogP contribution in [-0.4, -0.2) is 24.4 Å². The molecule has 0 amide bonds. The number of hydrazone groups is 1. The number of aromatic carboxylic acids is 1. The highest BCUT2D eigenvalue weighted by Crippen LogP contribution is 2.29. The highest BCUT2D eigenvalue weighted by molar-refractivity contribution is 6.42. The predicted octanol–water partition coefficient (Wildman–Crippen LogP) is 5.73. The summed E-state index contributed by atoms with van der Waals surface area (Å²) in [4.78, 5) is 10.9. The second-order valence-corrected chi connectivity index (χ2v) is 7.01. The lowest BCUT2D eigenvalue weighted by atomic mass is 10.1. The molecule has 0 aliphatic rings. The molecule has 0 fully saturated rings. The SMILES string of the molecule is COc1cc(C=NNc2ccc(Cl)c(Cl)c2)ccc1OCc1ccc(C(=O)O)cc1. The average molecular weight is 445 g/mol. The van der Waals surface area contributed by atoms with Crippen molar-refractivity contribution >= 4 is 41.1 Å². The number of methoxy groups -OCH3 is 1. The Morgan fingerprint density at radius 3 is 2.47 bits per heavy atom. The monoisotopic (exact) mass is 444 g/mol. The normalized spacial score (nSPS) is 10.8. The molecule has 0 spiro atoms. The van der Waals surface area contributed by atoms with E-state index in [0.717, 1.165) is 11.1 Å². The minimum atomic E-state index is -0.963. The number of benzene rings is 3. The van der Waals surface area contributed by atoms with E-state index in [1.54, 1.807) is 67.9 Å². The van der Waals surface area contributed by atoms with E-state index in [4.69, 9.17) is 37.8 Å². The van der Waals surface area contributed by atoms with Crippen LogP contribution in [0.25, 0.3) is 0 Å². The van der Waals surface area contributed by atoms with Crippen LogP contribution in [0.1, 0.15) is 21.5 Å². The molecular weight excluding hydrogens is 427 g/mol. The van der Waals surface area contributed by atoms with Gasteiger partial charge in [0.25, 0.3) is 0 Å². The molecule has 6 nitrogen and oxygen atoms in total. The number of nitrogens with one attached hydrogen (secondary N) is 1. The third-order valence-electron chi connectivity index (χ3n) is 4.11. The van der Waals surface area contributed by atoms with Gasteiger partial charge in [0.1, 0.15) is 6.61 Å². The Labute approximate surface area is 183 Å². The van der Waals surface area contributed by atoms with Gasteiger partial charge in [-0.05, 0) is 59.7 Å². The Morgan fingerprint density at radius 2 is 1.80 bits per heavy atom.